The normalized spacial score (nSPS) is 13.5. The number of aromatic nitrogens is 2. The molecule has 1 heterocycles. The van der Waals surface area contributed by atoms with E-state index in [1.165, 1.54) is 0 Å². The first kappa shape index (κ1) is 8.51. The number of aromatic amines is 1. The molecule has 1 N–H and O–H groups in total. The highest BCUT2D eigenvalue weighted by Crippen LogP contribution is 2.22. The zero-order chi connectivity index (χ0) is 9.42. The van der Waals surface area contributed by atoms with Crippen molar-refractivity contribution in [3.8, 4) is 0 Å². The average Bonchev–Trinajstić information content (AvgIpc) is 2.46. The molecular formula is C9H8ClFN2. The molecular weight excluding hydrogens is 191 g/mol. The van der Waals surface area contributed by atoms with Gasteiger partial charge in [-0.2, -0.15) is 0 Å². The number of aryl methyl sites for hydroxylation is 1. The molecule has 0 amide bonds. The van der Waals surface area contributed by atoms with Gasteiger partial charge in [0.1, 0.15) is 0 Å². The Morgan fingerprint density at radius 3 is 3.00 bits per heavy atom. The van der Waals surface area contributed by atoms with Crippen LogP contribution >= 0.6 is 11.6 Å². The van der Waals surface area contributed by atoms with E-state index in [0.29, 0.717) is 0 Å². The van der Waals surface area contributed by atoms with Crippen LogP contribution in [0.4, 0.5) is 4.39 Å². The minimum Gasteiger partial charge on any atom is -0.338 e. The molecule has 0 radical (unpaired) electrons. The molecule has 2 aromatic rings. The van der Waals surface area contributed by atoms with Crippen LogP contribution in [0.5, 0.6) is 0 Å². The van der Waals surface area contributed by atoms with Crippen LogP contribution in [0.25, 0.3) is 11.0 Å². The van der Waals surface area contributed by atoms with Crippen LogP contribution in [0.2, 0.25) is 0 Å². The minimum atomic E-state index is -1.56. The van der Waals surface area contributed by atoms with E-state index in [9.17, 15) is 4.39 Å². The van der Waals surface area contributed by atoms with Gasteiger partial charge < -0.3 is 4.98 Å². The first-order chi connectivity index (χ1) is 6.16. The van der Waals surface area contributed by atoms with Crippen molar-refractivity contribution in [1.29, 1.82) is 0 Å². The molecule has 68 valence electrons. The van der Waals surface area contributed by atoms with Crippen molar-refractivity contribution in [3.63, 3.8) is 0 Å². The number of fused-ring (bicyclic) bond motifs is 1. The summed E-state index contributed by atoms with van der Waals surface area (Å²) in [7, 11) is 0. The van der Waals surface area contributed by atoms with Gasteiger partial charge in [-0.25, -0.2) is 9.37 Å². The van der Waals surface area contributed by atoms with Crippen molar-refractivity contribution >= 4 is 22.6 Å². The molecule has 0 saturated carbocycles. The third kappa shape index (κ3) is 1.52. The molecule has 1 unspecified atom stereocenters. The van der Waals surface area contributed by atoms with Crippen LogP contribution in [0.15, 0.2) is 18.2 Å². The lowest BCUT2D eigenvalue weighted by molar-refractivity contribution is 0.444. The van der Waals surface area contributed by atoms with Gasteiger partial charge in [-0.3, -0.25) is 0 Å². The molecule has 0 aliphatic carbocycles. The van der Waals surface area contributed by atoms with Gasteiger partial charge >= 0.3 is 0 Å². The summed E-state index contributed by atoms with van der Waals surface area (Å²) < 4.78 is 12.6. The van der Waals surface area contributed by atoms with Crippen LogP contribution < -0.4 is 0 Å². The monoisotopic (exact) mass is 198 g/mol. The fraction of sp³-hybridized carbons (Fsp3) is 0.222. The number of nitrogens with zero attached hydrogens (tertiary/aromatic N) is 1. The molecule has 1 aromatic carbocycles. The molecule has 2 rings (SSSR count). The van der Waals surface area contributed by atoms with Crippen LogP contribution in [0.3, 0.4) is 0 Å². The maximum Gasteiger partial charge on any atom is 0.230 e. The van der Waals surface area contributed by atoms with Crippen molar-refractivity contribution in [2.75, 3.05) is 0 Å². The van der Waals surface area contributed by atoms with Crippen LogP contribution in [0.1, 0.15) is 17.0 Å². The van der Waals surface area contributed by atoms with Crippen LogP contribution in [-0.4, -0.2) is 9.97 Å². The quantitative estimate of drug-likeness (QED) is 0.701. The van der Waals surface area contributed by atoms with Gasteiger partial charge in [-0.15, -0.1) is 0 Å². The summed E-state index contributed by atoms with van der Waals surface area (Å²) in [5.41, 5.74) is 1.10. The molecule has 0 aliphatic rings. The summed E-state index contributed by atoms with van der Waals surface area (Å²) >= 11 is 5.25. The Labute approximate surface area is 79.7 Å². The summed E-state index contributed by atoms with van der Waals surface area (Å²) in [6.45, 7) is 1.97. The van der Waals surface area contributed by atoms with E-state index in [2.05, 4.69) is 9.97 Å². The molecule has 1 aromatic heterocycles. The Morgan fingerprint density at radius 2 is 2.31 bits per heavy atom. The topological polar surface area (TPSA) is 28.7 Å². The van der Waals surface area contributed by atoms with Gasteiger partial charge in [-0.1, -0.05) is 17.7 Å². The summed E-state index contributed by atoms with van der Waals surface area (Å²) in [4.78, 5) is 6.81. The number of halogens is 2. The highest BCUT2D eigenvalue weighted by atomic mass is 35.5. The Morgan fingerprint density at radius 1 is 1.54 bits per heavy atom. The van der Waals surface area contributed by atoms with E-state index in [4.69, 9.17) is 11.6 Å². The lowest BCUT2D eigenvalue weighted by Gasteiger charge is -1.90. The summed E-state index contributed by atoms with van der Waals surface area (Å²) in [5.74, 6) is 0.169. The first-order valence-electron chi connectivity index (χ1n) is 3.91. The van der Waals surface area contributed by atoms with Crippen LogP contribution in [-0.2, 0) is 0 Å². The van der Waals surface area contributed by atoms with Crippen molar-refractivity contribution in [2.45, 2.75) is 12.6 Å². The second-order valence-electron chi connectivity index (χ2n) is 2.94. The summed E-state index contributed by atoms with van der Waals surface area (Å²) in [5, 5.41) is 0. The second-order valence-corrected chi connectivity index (χ2v) is 3.33. The van der Waals surface area contributed by atoms with E-state index in [1.54, 1.807) is 0 Å². The SMILES string of the molecule is Cc1ccc2nc(C(F)Cl)[nH]c2c1. The second kappa shape index (κ2) is 3.00. The van der Waals surface area contributed by atoms with E-state index in [-0.39, 0.29) is 5.82 Å². The number of hydrogen-bond acceptors (Lipinski definition) is 1. The molecule has 1 atom stereocenters. The van der Waals surface area contributed by atoms with E-state index < -0.39 is 5.63 Å². The predicted octanol–water partition coefficient (Wildman–Crippen LogP) is 3.08. The first-order valence-corrected chi connectivity index (χ1v) is 4.35. The van der Waals surface area contributed by atoms with E-state index >= 15 is 0 Å². The molecule has 13 heavy (non-hydrogen) atoms. The zero-order valence-electron chi connectivity index (χ0n) is 7.01. The lowest BCUT2D eigenvalue weighted by atomic mass is 10.2. The molecule has 0 aliphatic heterocycles. The molecule has 0 bridgehead atoms. The van der Waals surface area contributed by atoms with Gasteiger partial charge in [0, 0.05) is 0 Å². The Kier molecular flexibility index (Phi) is 1.96. The fourth-order valence-electron chi connectivity index (χ4n) is 1.25. The van der Waals surface area contributed by atoms with Gasteiger partial charge in [0.05, 0.1) is 11.0 Å². The molecule has 2 nitrogen and oxygen atoms in total. The van der Waals surface area contributed by atoms with Crippen molar-refractivity contribution < 1.29 is 4.39 Å². The number of benzene rings is 1. The van der Waals surface area contributed by atoms with E-state index in [1.807, 2.05) is 25.1 Å². The third-order valence-corrected chi connectivity index (χ3v) is 2.07. The number of alkyl halides is 2. The minimum absolute atomic E-state index is 0.169. The van der Waals surface area contributed by atoms with Gasteiger partial charge in [0.15, 0.2) is 5.82 Å². The van der Waals surface area contributed by atoms with Crippen LogP contribution in [0, 0.1) is 6.92 Å². The van der Waals surface area contributed by atoms with Crippen molar-refractivity contribution in [3.05, 3.63) is 29.6 Å². The predicted molar refractivity (Wildman–Crippen MR) is 50.5 cm³/mol. The highest BCUT2D eigenvalue weighted by Gasteiger charge is 2.10. The molecule has 0 fully saturated rings. The maximum absolute atomic E-state index is 12.6. The fourth-order valence-corrected chi connectivity index (χ4v) is 1.35. The standard InChI is InChI=1S/C9H8ClFN2/c1-5-2-3-6-7(4-5)13-9(12-6)8(10)11/h2-4,8H,1H3,(H,12,13). The molecule has 4 heteroatoms. The summed E-state index contributed by atoms with van der Waals surface area (Å²) in [6.07, 6.45) is 0. The number of H-pyrrole nitrogens is 1. The highest BCUT2D eigenvalue weighted by molar-refractivity contribution is 6.19. The van der Waals surface area contributed by atoms with Gasteiger partial charge in [0.25, 0.3) is 0 Å². The number of imidazole rings is 1. The Balaban J connectivity index is 2.62. The Hall–Kier alpha value is -1.09. The molecule has 0 saturated heterocycles. The average molecular weight is 199 g/mol. The zero-order valence-corrected chi connectivity index (χ0v) is 7.77. The van der Waals surface area contributed by atoms with E-state index in [0.717, 1.165) is 16.6 Å². The van der Waals surface area contributed by atoms with Gasteiger partial charge in [0.2, 0.25) is 5.63 Å². The molecule has 0 spiro atoms. The summed E-state index contributed by atoms with van der Waals surface area (Å²) in [6, 6.07) is 5.67. The van der Waals surface area contributed by atoms with Crippen molar-refractivity contribution in [2.24, 2.45) is 0 Å². The van der Waals surface area contributed by atoms with Crippen molar-refractivity contribution in [1.82, 2.24) is 9.97 Å². The van der Waals surface area contributed by atoms with Gasteiger partial charge in [-0.05, 0) is 24.6 Å². The number of rotatable bonds is 1. The Bertz CT molecular complexity index is 436. The number of nitrogens with one attached hydrogen (secondary N) is 1. The lowest BCUT2D eigenvalue weighted by Crippen LogP contribution is -1.83. The number of hydrogen-bond donors (Lipinski definition) is 1. The third-order valence-electron chi connectivity index (χ3n) is 1.86. The smallest absolute Gasteiger partial charge is 0.230 e. The largest absolute Gasteiger partial charge is 0.338 e. The maximum atomic E-state index is 12.6.